The number of carbonyl (C=O) groups is 1. The summed E-state index contributed by atoms with van der Waals surface area (Å²) in [5, 5.41) is 0. The molecular formula is C20H35FN2O4. The quantitative estimate of drug-likeness (QED) is 0.472. The second-order valence-corrected chi connectivity index (χ2v) is 8.08. The van der Waals surface area contributed by atoms with E-state index in [1.54, 1.807) is 7.11 Å². The first kappa shape index (κ1) is 21.0. The third-order valence-electron chi connectivity index (χ3n) is 6.17. The van der Waals surface area contributed by atoms with Crippen LogP contribution in [-0.2, 0) is 19.0 Å². The highest BCUT2D eigenvalue weighted by Gasteiger charge is 2.48. The van der Waals surface area contributed by atoms with Crippen LogP contribution in [0.25, 0.3) is 0 Å². The molecule has 27 heavy (non-hydrogen) atoms. The van der Waals surface area contributed by atoms with Crippen molar-refractivity contribution in [2.45, 2.75) is 76.5 Å². The lowest BCUT2D eigenvalue weighted by Crippen LogP contribution is -2.57. The topological polar surface area (TPSA) is 51.2 Å². The van der Waals surface area contributed by atoms with Crippen molar-refractivity contribution in [3.63, 3.8) is 0 Å². The van der Waals surface area contributed by atoms with Gasteiger partial charge < -0.3 is 14.2 Å². The number of hydrogen-bond donors (Lipinski definition) is 0. The zero-order valence-electron chi connectivity index (χ0n) is 16.8. The first-order valence-corrected chi connectivity index (χ1v) is 10.6. The fourth-order valence-corrected chi connectivity index (χ4v) is 4.73. The summed E-state index contributed by atoms with van der Waals surface area (Å²) < 4.78 is 32.4. The smallest absolute Gasteiger partial charge is 0.308 e. The van der Waals surface area contributed by atoms with E-state index in [2.05, 4.69) is 4.90 Å². The molecule has 7 heteroatoms. The molecule has 0 radical (unpaired) electrons. The fourth-order valence-electron chi connectivity index (χ4n) is 4.73. The van der Waals surface area contributed by atoms with Gasteiger partial charge in [-0.3, -0.25) is 9.69 Å². The Hall–Kier alpha value is -0.760. The minimum atomic E-state index is -1.45. The van der Waals surface area contributed by atoms with Gasteiger partial charge in [-0.05, 0) is 58.3 Å². The molecule has 2 heterocycles. The first-order chi connectivity index (χ1) is 13.1. The van der Waals surface area contributed by atoms with Gasteiger partial charge in [0.1, 0.15) is 0 Å². The average Bonchev–Trinajstić information content (AvgIpc) is 3.31. The zero-order valence-corrected chi connectivity index (χ0v) is 16.8. The minimum absolute atomic E-state index is 0.0180. The lowest BCUT2D eigenvalue weighted by atomic mass is 9.87. The predicted octanol–water partition coefficient (Wildman–Crippen LogP) is 2.91. The Morgan fingerprint density at radius 1 is 1.15 bits per heavy atom. The van der Waals surface area contributed by atoms with E-state index < -0.39 is 5.79 Å². The highest BCUT2D eigenvalue weighted by molar-refractivity contribution is 5.72. The number of hydrogen-bond acceptors (Lipinski definition) is 6. The second kappa shape index (κ2) is 9.63. The summed E-state index contributed by atoms with van der Waals surface area (Å²) in [7, 11) is 1.56. The molecule has 6 nitrogen and oxygen atoms in total. The van der Waals surface area contributed by atoms with E-state index in [0.29, 0.717) is 19.6 Å². The van der Waals surface area contributed by atoms with Crippen molar-refractivity contribution in [2.75, 3.05) is 40.0 Å². The van der Waals surface area contributed by atoms with Crippen LogP contribution in [0.5, 0.6) is 0 Å². The van der Waals surface area contributed by atoms with Crippen molar-refractivity contribution in [3.05, 3.63) is 0 Å². The van der Waals surface area contributed by atoms with E-state index in [9.17, 15) is 4.79 Å². The van der Waals surface area contributed by atoms with E-state index in [1.807, 2.05) is 11.8 Å². The van der Waals surface area contributed by atoms with Gasteiger partial charge in [-0.25, -0.2) is 9.29 Å². The fraction of sp³-hybridized carbons (Fsp3) is 0.950. The molecule has 1 aliphatic carbocycles. The van der Waals surface area contributed by atoms with Crippen LogP contribution in [0.15, 0.2) is 0 Å². The Morgan fingerprint density at radius 2 is 1.85 bits per heavy atom. The molecule has 2 atom stereocenters. The molecule has 2 saturated heterocycles. The average molecular weight is 387 g/mol. The summed E-state index contributed by atoms with van der Waals surface area (Å²) in [6, 6.07) is 0. The van der Waals surface area contributed by atoms with Crippen molar-refractivity contribution >= 4 is 5.97 Å². The maximum absolute atomic E-state index is 15.5. The molecule has 0 unspecified atom stereocenters. The van der Waals surface area contributed by atoms with E-state index in [0.717, 1.165) is 58.0 Å². The number of carbonyl (C=O) groups excluding carboxylic acids is 1. The molecule has 0 aromatic rings. The third kappa shape index (κ3) is 5.00. The van der Waals surface area contributed by atoms with Crippen LogP contribution in [0.3, 0.4) is 0 Å². The minimum Gasteiger partial charge on any atom is -0.466 e. The second-order valence-electron chi connectivity index (χ2n) is 8.08. The van der Waals surface area contributed by atoms with Crippen LogP contribution in [0, 0.1) is 5.92 Å². The Kier molecular flexibility index (Phi) is 7.48. The standard InChI is InChI=1S/C20H35FN2O4/c1-3-26-18(24)16-7-9-17(10-8-16)27-19(22-12-4-5-13-22)23-14-6-11-20(23,21)15-25-2/h16-17,19H,3-15H2,1-2H3/t16?,17?,19-,20+/m0/s1. The molecule has 3 fully saturated rings. The van der Waals surface area contributed by atoms with Crippen molar-refractivity contribution in [3.8, 4) is 0 Å². The number of alkyl halides is 1. The van der Waals surface area contributed by atoms with Gasteiger partial charge >= 0.3 is 5.97 Å². The van der Waals surface area contributed by atoms with Gasteiger partial charge in [0.05, 0.1) is 25.2 Å². The van der Waals surface area contributed by atoms with Crippen molar-refractivity contribution in [1.29, 1.82) is 0 Å². The number of ether oxygens (including phenoxy) is 3. The normalized spacial score (nSPS) is 34.0. The van der Waals surface area contributed by atoms with Crippen LogP contribution in [-0.4, -0.2) is 74.0 Å². The number of methoxy groups -OCH3 is 1. The predicted molar refractivity (Wildman–Crippen MR) is 99.7 cm³/mol. The molecule has 0 bridgehead atoms. The first-order valence-electron chi connectivity index (χ1n) is 10.6. The van der Waals surface area contributed by atoms with E-state index in [-0.39, 0.29) is 30.9 Å². The van der Waals surface area contributed by atoms with Gasteiger partial charge in [0, 0.05) is 26.7 Å². The highest BCUT2D eigenvalue weighted by atomic mass is 19.1. The van der Waals surface area contributed by atoms with Gasteiger partial charge in [-0.1, -0.05) is 0 Å². The Morgan fingerprint density at radius 3 is 2.48 bits per heavy atom. The van der Waals surface area contributed by atoms with E-state index in [1.165, 1.54) is 0 Å². The van der Waals surface area contributed by atoms with Gasteiger partial charge in [0.25, 0.3) is 0 Å². The SMILES string of the molecule is CCOC(=O)C1CCC(O[C@@H](N2CCCC2)N2CCC[C@]2(F)COC)CC1. The molecule has 0 N–H and O–H groups in total. The number of nitrogens with zero attached hydrogens (tertiary/aromatic N) is 2. The van der Waals surface area contributed by atoms with E-state index in [4.69, 9.17) is 14.2 Å². The molecule has 1 saturated carbocycles. The summed E-state index contributed by atoms with van der Waals surface area (Å²) in [6.07, 6.45) is 6.53. The maximum Gasteiger partial charge on any atom is 0.308 e. The third-order valence-corrected chi connectivity index (χ3v) is 6.17. The van der Waals surface area contributed by atoms with Crippen molar-refractivity contribution in [1.82, 2.24) is 9.80 Å². The van der Waals surface area contributed by atoms with Gasteiger partial charge in [-0.2, -0.15) is 0 Å². The van der Waals surface area contributed by atoms with E-state index >= 15 is 4.39 Å². The van der Waals surface area contributed by atoms with Crippen LogP contribution in [0.4, 0.5) is 4.39 Å². The molecular weight excluding hydrogens is 351 g/mol. The zero-order chi connectivity index (χ0) is 19.3. The maximum atomic E-state index is 15.5. The van der Waals surface area contributed by atoms with Crippen molar-refractivity contribution < 1.29 is 23.4 Å². The lowest BCUT2D eigenvalue weighted by molar-refractivity contribution is -0.231. The molecule has 3 aliphatic rings. The number of likely N-dealkylation sites (tertiary alicyclic amines) is 2. The number of rotatable bonds is 8. The lowest BCUT2D eigenvalue weighted by Gasteiger charge is -2.43. The van der Waals surface area contributed by atoms with Crippen LogP contribution >= 0.6 is 0 Å². The number of halogens is 1. The van der Waals surface area contributed by atoms with Gasteiger partial charge in [0.15, 0.2) is 12.1 Å². The van der Waals surface area contributed by atoms with Crippen LogP contribution in [0.1, 0.15) is 58.3 Å². The van der Waals surface area contributed by atoms with Gasteiger partial charge in [-0.15, -0.1) is 0 Å². The Balaban J connectivity index is 1.62. The molecule has 156 valence electrons. The molecule has 0 aromatic heterocycles. The largest absolute Gasteiger partial charge is 0.466 e. The molecule has 3 rings (SSSR count). The summed E-state index contributed by atoms with van der Waals surface area (Å²) in [5.41, 5.74) is 0. The van der Waals surface area contributed by atoms with Crippen molar-refractivity contribution in [2.24, 2.45) is 5.92 Å². The van der Waals surface area contributed by atoms with Crippen LogP contribution in [0.2, 0.25) is 0 Å². The summed E-state index contributed by atoms with van der Waals surface area (Å²) in [4.78, 5) is 16.1. The Labute approximate surface area is 162 Å². The van der Waals surface area contributed by atoms with Gasteiger partial charge in [0.2, 0.25) is 0 Å². The summed E-state index contributed by atoms with van der Waals surface area (Å²) in [5.74, 6) is -1.56. The number of esters is 1. The monoisotopic (exact) mass is 386 g/mol. The van der Waals surface area contributed by atoms with Crippen LogP contribution < -0.4 is 0 Å². The summed E-state index contributed by atoms with van der Waals surface area (Å²) in [6.45, 7) is 4.94. The molecule has 2 aliphatic heterocycles. The molecule has 0 spiro atoms. The highest BCUT2D eigenvalue weighted by Crippen LogP contribution is 2.37. The Bertz CT molecular complexity index is 481. The molecule has 0 aromatic carbocycles. The summed E-state index contributed by atoms with van der Waals surface area (Å²) >= 11 is 0. The molecule has 0 amide bonds.